The average Bonchev–Trinajstić information content (AvgIpc) is 3.05. The van der Waals surface area contributed by atoms with E-state index in [1.54, 1.807) is 0 Å². The van der Waals surface area contributed by atoms with Gasteiger partial charge in [0, 0.05) is 25.4 Å². The van der Waals surface area contributed by atoms with Crippen LogP contribution in [0.3, 0.4) is 0 Å². The van der Waals surface area contributed by atoms with Crippen molar-refractivity contribution in [1.82, 2.24) is 20.1 Å². The van der Waals surface area contributed by atoms with E-state index in [0.717, 1.165) is 40.0 Å². The second-order valence-electron chi connectivity index (χ2n) is 7.92. The molecule has 1 aliphatic heterocycles. The van der Waals surface area contributed by atoms with E-state index in [1.807, 2.05) is 48.5 Å². The van der Waals surface area contributed by atoms with Gasteiger partial charge in [-0.2, -0.15) is 0 Å². The number of hydrogen-bond donors (Lipinski definition) is 1. The molecule has 2 aromatic carbocycles. The lowest BCUT2D eigenvalue weighted by molar-refractivity contribution is -0.118. The molecule has 4 rings (SSSR count). The Kier molecular flexibility index (Phi) is 7.32. The quantitative estimate of drug-likeness (QED) is 0.520. The molecule has 1 aromatic heterocycles. The zero-order chi connectivity index (χ0) is 22.3. The van der Waals surface area contributed by atoms with Gasteiger partial charge in [0.25, 0.3) is 0 Å². The molecule has 1 amide bonds. The van der Waals surface area contributed by atoms with E-state index in [4.69, 9.17) is 9.47 Å². The Bertz CT molecular complexity index is 1050. The Morgan fingerprint density at radius 2 is 1.84 bits per heavy atom. The molecule has 0 saturated carbocycles. The number of amides is 1. The average molecular weight is 453 g/mol. The van der Waals surface area contributed by atoms with Gasteiger partial charge in [0.1, 0.15) is 5.82 Å². The fourth-order valence-electron chi connectivity index (χ4n) is 3.52. The molecule has 168 valence electrons. The monoisotopic (exact) mass is 452 g/mol. The van der Waals surface area contributed by atoms with Crippen LogP contribution in [0, 0.1) is 0 Å². The predicted octanol–water partition coefficient (Wildman–Crippen LogP) is 4.02. The minimum absolute atomic E-state index is 0.0263. The van der Waals surface area contributed by atoms with Crippen LogP contribution in [0.4, 0.5) is 0 Å². The summed E-state index contributed by atoms with van der Waals surface area (Å²) in [4.78, 5) is 12.3. The van der Waals surface area contributed by atoms with Gasteiger partial charge in [-0.1, -0.05) is 48.2 Å². The molecule has 3 aromatic rings. The van der Waals surface area contributed by atoms with Crippen LogP contribution in [0.5, 0.6) is 11.5 Å². The molecule has 1 N–H and O–H groups in total. The van der Waals surface area contributed by atoms with Crippen LogP contribution in [-0.4, -0.2) is 39.6 Å². The van der Waals surface area contributed by atoms with E-state index < -0.39 is 0 Å². The van der Waals surface area contributed by atoms with Crippen molar-refractivity contribution < 1.29 is 14.3 Å². The van der Waals surface area contributed by atoms with Gasteiger partial charge in [0.05, 0.1) is 19.0 Å². The highest BCUT2D eigenvalue weighted by Gasteiger charge is 2.18. The van der Waals surface area contributed by atoms with Crippen LogP contribution < -0.4 is 14.8 Å². The summed E-state index contributed by atoms with van der Waals surface area (Å²) in [5.41, 5.74) is 2.16. The number of nitrogens with one attached hydrogen (secondary N) is 1. The van der Waals surface area contributed by atoms with E-state index in [1.165, 1.54) is 11.8 Å². The molecular formula is C24H28N4O3S. The number of ether oxygens (including phenoxy) is 2. The molecule has 0 saturated heterocycles. The normalized spacial score (nSPS) is 13.1. The van der Waals surface area contributed by atoms with E-state index in [0.29, 0.717) is 31.9 Å². The molecule has 0 spiro atoms. The summed E-state index contributed by atoms with van der Waals surface area (Å²) in [6.45, 7) is 6.05. The number of carbonyl (C=O) groups is 1. The van der Waals surface area contributed by atoms with Gasteiger partial charge in [-0.05, 0) is 37.1 Å². The second-order valence-corrected chi connectivity index (χ2v) is 8.86. The van der Waals surface area contributed by atoms with Crippen molar-refractivity contribution in [1.29, 1.82) is 0 Å². The zero-order valence-electron chi connectivity index (χ0n) is 18.4. The Hall–Kier alpha value is -3.00. The minimum Gasteiger partial charge on any atom is -0.490 e. The van der Waals surface area contributed by atoms with E-state index in [9.17, 15) is 4.79 Å². The summed E-state index contributed by atoms with van der Waals surface area (Å²) in [5, 5.41) is 12.5. The number of rotatable bonds is 8. The number of hydrogen-bond acceptors (Lipinski definition) is 6. The summed E-state index contributed by atoms with van der Waals surface area (Å²) >= 11 is 1.41. The van der Waals surface area contributed by atoms with Crippen LogP contribution in [-0.2, 0) is 17.8 Å². The molecule has 0 aliphatic carbocycles. The van der Waals surface area contributed by atoms with Crippen LogP contribution in [0.1, 0.15) is 43.3 Å². The maximum absolute atomic E-state index is 12.3. The SMILES string of the molecule is CC(C)n1c(Cc2ccc3c(c2)OCCCO3)nnc1SCC(=O)NCc1ccccc1. The van der Waals surface area contributed by atoms with Crippen molar-refractivity contribution in [3.05, 3.63) is 65.5 Å². The lowest BCUT2D eigenvalue weighted by Crippen LogP contribution is -2.24. The summed E-state index contributed by atoms with van der Waals surface area (Å²) in [6.07, 6.45) is 1.51. The summed E-state index contributed by atoms with van der Waals surface area (Å²) in [5.74, 6) is 2.69. The Morgan fingerprint density at radius 3 is 2.62 bits per heavy atom. The third-order valence-corrected chi connectivity index (χ3v) is 6.03. The second kappa shape index (κ2) is 10.5. The van der Waals surface area contributed by atoms with E-state index in [-0.39, 0.29) is 11.9 Å². The van der Waals surface area contributed by atoms with Crippen molar-refractivity contribution >= 4 is 17.7 Å². The fourth-order valence-corrected chi connectivity index (χ4v) is 4.44. The third kappa shape index (κ3) is 5.62. The van der Waals surface area contributed by atoms with Gasteiger partial charge in [-0.25, -0.2) is 0 Å². The molecule has 0 fully saturated rings. The fraction of sp³-hybridized carbons (Fsp3) is 0.375. The summed E-state index contributed by atoms with van der Waals surface area (Å²) in [6, 6.07) is 16.1. The molecule has 0 atom stereocenters. The van der Waals surface area contributed by atoms with Crippen molar-refractivity contribution in [3.63, 3.8) is 0 Å². The highest BCUT2D eigenvalue weighted by Crippen LogP contribution is 2.31. The maximum atomic E-state index is 12.3. The molecule has 1 aliphatic rings. The Labute approximate surface area is 192 Å². The van der Waals surface area contributed by atoms with Gasteiger partial charge in [0.2, 0.25) is 5.91 Å². The predicted molar refractivity (Wildman–Crippen MR) is 124 cm³/mol. The van der Waals surface area contributed by atoms with Gasteiger partial charge in [0.15, 0.2) is 16.7 Å². The third-order valence-electron chi connectivity index (χ3n) is 5.09. The van der Waals surface area contributed by atoms with E-state index >= 15 is 0 Å². The van der Waals surface area contributed by atoms with Crippen LogP contribution >= 0.6 is 11.8 Å². The van der Waals surface area contributed by atoms with Crippen LogP contribution in [0.15, 0.2) is 53.7 Å². The number of fused-ring (bicyclic) bond motifs is 1. The highest BCUT2D eigenvalue weighted by atomic mass is 32.2. The van der Waals surface area contributed by atoms with E-state index in [2.05, 4.69) is 33.9 Å². The van der Waals surface area contributed by atoms with Gasteiger partial charge in [-0.15, -0.1) is 10.2 Å². The zero-order valence-corrected chi connectivity index (χ0v) is 19.2. The van der Waals surface area contributed by atoms with Crippen LogP contribution in [0.2, 0.25) is 0 Å². The molecule has 0 bridgehead atoms. The maximum Gasteiger partial charge on any atom is 0.230 e. The number of benzene rings is 2. The standard InChI is InChI=1S/C24H28N4O3S/c1-17(2)28-22(14-19-9-10-20-21(13-19)31-12-6-11-30-20)26-27-24(28)32-16-23(29)25-15-18-7-4-3-5-8-18/h3-5,7-10,13,17H,6,11-12,14-16H2,1-2H3,(H,25,29). The minimum atomic E-state index is -0.0263. The first-order valence-corrected chi connectivity index (χ1v) is 11.8. The highest BCUT2D eigenvalue weighted by molar-refractivity contribution is 7.99. The summed E-state index contributed by atoms with van der Waals surface area (Å²) in [7, 11) is 0. The number of thioether (sulfide) groups is 1. The van der Waals surface area contributed by atoms with Crippen molar-refractivity contribution in [3.8, 4) is 11.5 Å². The summed E-state index contributed by atoms with van der Waals surface area (Å²) < 4.78 is 13.6. The first-order valence-electron chi connectivity index (χ1n) is 10.9. The van der Waals surface area contributed by atoms with Crippen molar-refractivity contribution in [2.45, 2.75) is 44.4 Å². The first-order chi connectivity index (χ1) is 15.6. The molecule has 8 heteroatoms. The Morgan fingerprint density at radius 1 is 1.06 bits per heavy atom. The van der Waals surface area contributed by atoms with Gasteiger partial charge in [-0.3, -0.25) is 4.79 Å². The molecule has 0 unspecified atom stereocenters. The van der Waals surface area contributed by atoms with Crippen molar-refractivity contribution in [2.75, 3.05) is 19.0 Å². The molecular weight excluding hydrogens is 424 g/mol. The Balaban J connectivity index is 1.40. The lowest BCUT2D eigenvalue weighted by Gasteiger charge is -2.14. The topological polar surface area (TPSA) is 78.3 Å². The van der Waals surface area contributed by atoms with Crippen molar-refractivity contribution in [2.24, 2.45) is 0 Å². The number of nitrogens with zero attached hydrogens (tertiary/aromatic N) is 3. The smallest absolute Gasteiger partial charge is 0.230 e. The number of aromatic nitrogens is 3. The lowest BCUT2D eigenvalue weighted by atomic mass is 10.1. The molecule has 2 heterocycles. The number of carbonyl (C=O) groups excluding carboxylic acids is 1. The van der Waals surface area contributed by atoms with Crippen LogP contribution in [0.25, 0.3) is 0 Å². The molecule has 0 radical (unpaired) electrons. The van der Waals surface area contributed by atoms with Gasteiger partial charge >= 0.3 is 0 Å². The van der Waals surface area contributed by atoms with Gasteiger partial charge < -0.3 is 19.4 Å². The molecule has 7 nitrogen and oxygen atoms in total. The first kappa shape index (κ1) is 22.2. The molecule has 32 heavy (non-hydrogen) atoms. The largest absolute Gasteiger partial charge is 0.490 e.